The van der Waals surface area contributed by atoms with Crippen LogP contribution in [0.1, 0.15) is 5.82 Å². The van der Waals surface area contributed by atoms with Gasteiger partial charge in [0.05, 0.1) is 6.54 Å². The Morgan fingerprint density at radius 3 is 3.27 bits per heavy atom. The maximum atomic E-state index is 10.5. The molecule has 0 fully saturated rings. The van der Waals surface area contributed by atoms with E-state index in [1.54, 1.807) is 12.4 Å². The number of hydrogen-bond acceptors (Lipinski definition) is 2. The Labute approximate surface area is 64.0 Å². The lowest BCUT2D eigenvalue weighted by Gasteiger charge is -1.95. The second-order valence-corrected chi connectivity index (χ2v) is 1.86. The average Bonchev–Trinajstić information content (AvgIpc) is 2.52. The van der Waals surface area contributed by atoms with Gasteiger partial charge in [-0.05, 0) is 5.92 Å². The molecule has 0 aliphatic carbocycles. The van der Waals surface area contributed by atoms with Gasteiger partial charge in [0, 0.05) is 12.4 Å². The van der Waals surface area contributed by atoms with E-state index in [0.29, 0.717) is 12.4 Å². The summed E-state index contributed by atoms with van der Waals surface area (Å²) in [5.74, 6) is 2.19. The van der Waals surface area contributed by atoms with Gasteiger partial charge >= 0.3 is 0 Å². The molecular formula is C7H7N3O. The molecule has 0 aliphatic rings. The molecule has 56 valence electrons. The molecule has 0 aromatic carbocycles. The van der Waals surface area contributed by atoms with Crippen molar-refractivity contribution in [2.24, 2.45) is 0 Å². The fourth-order valence-electron chi connectivity index (χ4n) is 0.610. The standard InChI is InChI=1S/C7H7N3O/c1-2-7(11)10-5-6-8-3-4-9-6/h1,3-4H,5H2,(H,8,9)(H,10,11). The predicted molar refractivity (Wildman–Crippen MR) is 39.3 cm³/mol. The number of nitrogens with one attached hydrogen (secondary N) is 2. The van der Waals surface area contributed by atoms with Gasteiger partial charge in [-0.25, -0.2) is 4.98 Å². The van der Waals surface area contributed by atoms with Gasteiger partial charge in [-0.2, -0.15) is 0 Å². The van der Waals surface area contributed by atoms with Crippen LogP contribution in [0.2, 0.25) is 0 Å². The van der Waals surface area contributed by atoms with Gasteiger partial charge < -0.3 is 10.3 Å². The predicted octanol–water partition coefficient (Wildman–Crippen LogP) is -0.341. The quantitative estimate of drug-likeness (QED) is 0.565. The number of terminal acetylenes is 1. The van der Waals surface area contributed by atoms with Crippen LogP contribution in [0.15, 0.2) is 12.4 Å². The number of hydrogen-bond donors (Lipinski definition) is 2. The van der Waals surface area contributed by atoms with Gasteiger partial charge in [-0.15, -0.1) is 6.42 Å². The van der Waals surface area contributed by atoms with Gasteiger partial charge in [-0.1, -0.05) is 0 Å². The first kappa shape index (κ1) is 7.35. The van der Waals surface area contributed by atoms with Crippen LogP contribution < -0.4 is 5.32 Å². The Morgan fingerprint density at radius 1 is 1.91 bits per heavy atom. The molecule has 0 radical (unpaired) electrons. The first-order valence-corrected chi connectivity index (χ1v) is 3.05. The van der Waals surface area contributed by atoms with Crippen LogP contribution in [0.4, 0.5) is 0 Å². The number of rotatable bonds is 2. The Balaban J connectivity index is 2.36. The summed E-state index contributed by atoms with van der Waals surface area (Å²) in [5.41, 5.74) is 0. The van der Waals surface area contributed by atoms with E-state index >= 15 is 0 Å². The monoisotopic (exact) mass is 149 g/mol. The molecule has 0 unspecified atom stereocenters. The van der Waals surface area contributed by atoms with Crippen LogP contribution in [0.5, 0.6) is 0 Å². The lowest BCUT2D eigenvalue weighted by atomic mass is 10.5. The van der Waals surface area contributed by atoms with Gasteiger partial charge in [0.15, 0.2) is 0 Å². The Kier molecular flexibility index (Phi) is 2.28. The fraction of sp³-hybridized carbons (Fsp3) is 0.143. The highest BCUT2D eigenvalue weighted by Gasteiger charge is 1.95. The molecule has 0 spiro atoms. The summed E-state index contributed by atoms with van der Waals surface area (Å²) in [5, 5.41) is 2.47. The summed E-state index contributed by atoms with van der Waals surface area (Å²) < 4.78 is 0. The van der Waals surface area contributed by atoms with Crippen molar-refractivity contribution in [3.63, 3.8) is 0 Å². The van der Waals surface area contributed by atoms with Crippen molar-refractivity contribution in [3.8, 4) is 12.3 Å². The second kappa shape index (κ2) is 3.42. The summed E-state index contributed by atoms with van der Waals surface area (Å²) in [6, 6.07) is 0. The lowest BCUT2D eigenvalue weighted by molar-refractivity contribution is -0.115. The lowest BCUT2D eigenvalue weighted by Crippen LogP contribution is -2.21. The zero-order valence-corrected chi connectivity index (χ0v) is 5.79. The Morgan fingerprint density at radius 2 is 2.73 bits per heavy atom. The van der Waals surface area contributed by atoms with Gasteiger partial charge in [0.2, 0.25) is 0 Å². The van der Waals surface area contributed by atoms with Crippen LogP contribution in [0.3, 0.4) is 0 Å². The molecule has 1 aromatic rings. The van der Waals surface area contributed by atoms with Crippen LogP contribution in [0.25, 0.3) is 0 Å². The molecule has 2 N–H and O–H groups in total. The molecule has 0 bridgehead atoms. The van der Waals surface area contributed by atoms with Gasteiger partial charge in [0.25, 0.3) is 5.91 Å². The molecule has 11 heavy (non-hydrogen) atoms. The number of nitrogens with zero attached hydrogens (tertiary/aromatic N) is 1. The smallest absolute Gasteiger partial charge is 0.296 e. The number of H-pyrrole nitrogens is 1. The highest BCUT2D eigenvalue weighted by molar-refractivity contribution is 5.92. The average molecular weight is 149 g/mol. The van der Waals surface area contributed by atoms with Crippen molar-refractivity contribution in [2.45, 2.75) is 6.54 Å². The van der Waals surface area contributed by atoms with Crippen LogP contribution in [0, 0.1) is 12.3 Å². The topological polar surface area (TPSA) is 57.8 Å². The minimum absolute atomic E-state index is 0.343. The van der Waals surface area contributed by atoms with E-state index in [2.05, 4.69) is 15.3 Å². The van der Waals surface area contributed by atoms with Crippen LogP contribution in [-0.4, -0.2) is 15.9 Å². The number of amides is 1. The van der Waals surface area contributed by atoms with Crippen LogP contribution >= 0.6 is 0 Å². The Bertz CT molecular complexity index is 270. The molecule has 0 saturated carbocycles. The normalized spacial score (nSPS) is 8.64. The summed E-state index contributed by atoms with van der Waals surface area (Å²) in [7, 11) is 0. The first-order valence-electron chi connectivity index (χ1n) is 3.05. The molecule has 1 aromatic heterocycles. The third kappa shape index (κ3) is 2.14. The molecule has 1 amide bonds. The number of carbonyl (C=O) groups excluding carboxylic acids is 1. The van der Waals surface area contributed by atoms with Crippen molar-refractivity contribution in [1.29, 1.82) is 0 Å². The summed E-state index contributed by atoms with van der Waals surface area (Å²) in [4.78, 5) is 17.2. The second-order valence-electron chi connectivity index (χ2n) is 1.86. The molecule has 1 rings (SSSR count). The van der Waals surface area contributed by atoms with E-state index in [1.807, 2.05) is 5.92 Å². The number of carbonyl (C=O) groups is 1. The van der Waals surface area contributed by atoms with Gasteiger partial charge in [0.1, 0.15) is 5.82 Å². The maximum absolute atomic E-state index is 10.5. The van der Waals surface area contributed by atoms with Crippen molar-refractivity contribution >= 4 is 5.91 Å². The summed E-state index contributed by atoms with van der Waals surface area (Å²) in [6.45, 7) is 0.343. The van der Waals surface area contributed by atoms with E-state index in [9.17, 15) is 4.79 Å². The highest BCUT2D eigenvalue weighted by Crippen LogP contribution is 1.85. The molecule has 0 aliphatic heterocycles. The van der Waals surface area contributed by atoms with E-state index in [-0.39, 0.29) is 0 Å². The van der Waals surface area contributed by atoms with E-state index < -0.39 is 5.91 Å². The summed E-state index contributed by atoms with van der Waals surface area (Å²) in [6.07, 6.45) is 8.11. The largest absolute Gasteiger partial charge is 0.347 e. The van der Waals surface area contributed by atoms with Crippen molar-refractivity contribution in [3.05, 3.63) is 18.2 Å². The SMILES string of the molecule is C#CC(=O)NCc1ncc[nH]1. The van der Waals surface area contributed by atoms with Crippen molar-refractivity contribution in [2.75, 3.05) is 0 Å². The van der Waals surface area contributed by atoms with E-state index in [4.69, 9.17) is 6.42 Å². The molecule has 4 heteroatoms. The Hall–Kier alpha value is -1.76. The fourth-order valence-corrected chi connectivity index (χ4v) is 0.610. The van der Waals surface area contributed by atoms with Crippen LogP contribution in [-0.2, 0) is 11.3 Å². The molecule has 0 saturated heterocycles. The maximum Gasteiger partial charge on any atom is 0.296 e. The molecule has 0 atom stereocenters. The number of aromatic nitrogens is 2. The molecule has 1 heterocycles. The number of aromatic amines is 1. The first-order chi connectivity index (χ1) is 5.33. The van der Waals surface area contributed by atoms with E-state index in [1.165, 1.54) is 0 Å². The molecule has 4 nitrogen and oxygen atoms in total. The minimum Gasteiger partial charge on any atom is -0.347 e. The van der Waals surface area contributed by atoms with Crippen molar-refractivity contribution < 1.29 is 4.79 Å². The third-order valence-electron chi connectivity index (χ3n) is 1.10. The summed E-state index contributed by atoms with van der Waals surface area (Å²) >= 11 is 0. The molecular weight excluding hydrogens is 142 g/mol. The van der Waals surface area contributed by atoms with Gasteiger partial charge in [-0.3, -0.25) is 4.79 Å². The zero-order chi connectivity index (χ0) is 8.10. The van der Waals surface area contributed by atoms with Crippen molar-refractivity contribution in [1.82, 2.24) is 15.3 Å². The number of imidazole rings is 1. The van der Waals surface area contributed by atoms with E-state index in [0.717, 1.165) is 0 Å². The highest BCUT2D eigenvalue weighted by atomic mass is 16.1. The third-order valence-corrected chi connectivity index (χ3v) is 1.10. The minimum atomic E-state index is -0.429. The zero-order valence-electron chi connectivity index (χ0n) is 5.79.